The SMILES string of the molecule is CCNc1cc(C2CCCC2)nc(-c2ccccn2)n1. The van der Waals surface area contributed by atoms with Gasteiger partial charge in [0.2, 0.25) is 0 Å². The zero-order chi connectivity index (χ0) is 13.8. The van der Waals surface area contributed by atoms with Crippen LogP contribution in [0.3, 0.4) is 0 Å². The van der Waals surface area contributed by atoms with Gasteiger partial charge in [-0.2, -0.15) is 0 Å². The van der Waals surface area contributed by atoms with E-state index in [0.717, 1.165) is 29.6 Å². The Bertz CT molecular complexity index is 562. The van der Waals surface area contributed by atoms with Gasteiger partial charge in [0.25, 0.3) is 0 Å². The van der Waals surface area contributed by atoms with E-state index in [0.29, 0.717) is 5.92 Å². The highest BCUT2D eigenvalue weighted by Gasteiger charge is 2.20. The highest BCUT2D eigenvalue weighted by Crippen LogP contribution is 2.34. The van der Waals surface area contributed by atoms with Gasteiger partial charge in [0.1, 0.15) is 11.5 Å². The molecule has 1 aliphatic carbocycles. The molecule has 2 aromatic heterocycles. The van der Waals surface area contributed by atoms with E-state index in [1.54, 1.807) is 6.20 Å². The Morgan fingerprint density at radius 1 is 1.20 bits per heavy atom. The molecule has 1 aliphatic rings. The fourth-order valence-corrected chi connectivity index (χ4v) is 2.78. The Morgan fingerprint density at radius 3 is 2.75 bits per heavy atom. The average molecular weight is 268 g/mol. The number of nitrogens with one attached hydrogen (secondary N) is 1. The topological polar surface area (TPSA) is 50.7 Å². The van der Waals surface area contributed by atoms with Crippen molar-refractivity contribution in [2.45, 2.75) is 38.5 Å². The van der Waals surface area contributed by atoms with Crippen LogP contribution in [0.4, 0.5) is 5.82 Å². The number of pyridine rings is 1. The summed E-state index contributed by atoms with van der Waals surface area (Å²) < 4.78 is 0. The summed E-state index contributed by atoms with van der Waals surface area (Å²) in [6.07, 6.45) is 6.89. The van der Waals surface area contributed by atoms with Gasteiger partial charge in [-0.05, 0) is 31.9 Å². The van der Waals surface area contributed by atoms with Crippen molar-refractivity contribution in [2.24, 2.45) is 0 Å². The molecule has 0 radical (unpaired) electrons. The van der Waals surface area contributed by atoms with Crippen LogP contribution < -0.4 is 5.32 Å². The Labute approximate surface area is 119 Å². The molecule has 20 heavy (non-hydrogen) atoms. The third-order valence-electron chi connectivity index (χ3n) is 3.77. The molecular weight excluding hydrogens is 248 g/mol. The summed E-state index contributed by atoms with van der Waals surface area (Å²) in [6, 6.07) is 7.95. The van der Waals surface area contributed by atoms with Crippen molar-refractivity contribution in [3.05, 3.63) is 36.2 Å². The van der Waals surface area contributed by atoms with E-state index < -0.39 is 0 Å². The Hall–Kier alpha value is -1.97. The van der Waals surface area contributed by atoms with Crippen LogP contribution in [-0.2, 0) is 0 Å². The van der Waals surface area contributed by atoms with E-state index in [1.165, 1.54) is 25.7 Å². The minimum atomic E-state index is 0.581. The molecule has 1 fully saturated rings. The van der Waals surface area contributed by atoms with Gasteiger partial charge in [0, 0.05) is 30.4 Å². The molecule has 0 unspecified atom stereocenters. The van der Waals surface area contributed by atoms with Gasteiger partial charge in [0.15, 0.2) is 5.82 Å². The predicted octanol–water partition coefficient (Wildman–Crippen LogP) is 3.63. The van der Waals surface area contributed by atoms with Crippen LogP contribution in [0, 0.1) is 0 Å². The fraction of sp³-hybridized carbons (Fsp3) is 0.438. The second kappa shape index (κ2) is 5.99. The van der Waals surface area contributed by atoms with E-state index in [1.807, 2.05) is 18.2 Å². The van der Waals surface area contributed by atoms with Crippen molar-refractivity contribution < 1.29 is 0 Å². The van der Waals surface area contributed by atoms with Crippen LogP contribution in [0.5, 0.6) is 0 Å². The molecule has 3 rings (SSSR count). The van der Waals surface area contributed by atoms with Crippen molar-refractivity contribution in [1.82, 2.24) is 15.0 Å². The van der Waals surface area contributed by atoms with Crippen LogP contribution in [0.25, 0.3) is 11.5 Å². The van der Waals surface area contributed by atoms with Gasteiger partial charge in [-0.25, -0.2) is 9.97 Å². The highest BCUT2D eigenvalue weighted by molar-refractivity contribution is 5.53. The Kier molecular flexibility index (Phi) is 3.90. The maximum Gasteiger partial charge on any atom is 0.180 e. The molecule has 0 aliphatic heterocycles. The van der Waals surface area contributed by atoms with Gasteiger partial charge in [-0.15, -0.1) is 0 Å². The zero-order valence-corrected chi connectivity index (χ0v) is 11.8. The lowest BCUT2D eigenvalue weighted by molar-refractivity contribution is 0.695. The first-order chi connectivity index (χ1) is 9.86. The normalized spacial score (nSPS) is 15.4. The minimum absolute atomic E-state index is 0.581. The summed E-state index contributed by atoms with van der Waals surface area (Å²) >= 11 is 0. The van der Waals surface area contributed by atoms with Crippen LogP contribution >= 0.6 is 0 Å². The number of anilines is 1. The van der Waals surface area contributed by atoms with E-state index in [2.05, 4.69) is 28.3 Å². The maximum atomic E-state index is 4.75. The Balaban J connectivity index is 2.00. The molecule has 4 nitrogen and oxygen atoms in total. The molecule has 0 amide bonds. The number of hydrogen-bond acceptors (Lipinski definition) is 4. The van der Waals surface area contributed by atoms with Crippen LogP contribution in [0.2, 0.25) is 0 Å². The molecule has 0 spiro atoms. The quantitative estimate of drug-likeness (QED) is 0.920. The number of nitrogens with zero attached hydrogens (tertiary/aromatic N) is 3. The van der Waals surface area contributed by atoms with Crippen molar-refractivity contribution in [2.75, 3.05) is 11.9 Å². The third-order valence-corrected chi connectivity index (χ3v) is 3.77. The minimum Gasteiger partial charge on any atom is -0.370 e. The first-order valence-electron chi connectivity index (χ1n) is 7.41. The predicted molar refractivity (Wildman–Crippen MR) is 80.6 cm³/mol. The van der Waals surface area contributed by atoms with Gasteiger partial charge < -0.3 is 5.32 Å². The zero-order valence-electron chi connectivity index (χ0n) is 11.8. The smallest absolute Gasteiger partial charge is 0.180 e. The second-order valence-corrected chi connectivity index (χ2v) is 5.23. The lowest BCUT2D eigenvalue weighted by Gasteiger charge is -2.12. The lowest BCUT2D eigenvalue weighted by atomic mass is 10.0. The molecule has 0 atom stereocenters. The molecule has 4 heteroatoms. The average Bonchev–Trinajstić information content (AvgIpc) is 3.02. The molecule has 104 valence electrons. The van der Waals surface area contributed by atoms with Crippen molar-refractivity contribution >= 4 is 5.82 Å². The molecule has 1 N–H and O–H groups in total. The number of aromatic nitrogens is 3. The van der Waals surface area contributed by atoms with E-state index in [-0.39, 0.29) is 0 Å². The third kappa shape index (κ3) is 2.79. The van der Waals surface area contributed by atoms with Crippen molar-refractivity contribution in [3.8, 4) is 11.5 Å². The lowest BCUT2D eigenvalue weighted by Crippen LogP contribution is -2.06. The monoisotopic (exact) mass is 268 g/mol. The van der Waals surface area contributed by atoms with Crippen LogP contribution in [-0.4, -0.2) is 21.5 Å². The molecule has 0 bridgehead atoms. The first kappa shape index (κ1) is 13.0. The summed E-state index contributed by atoms with van der Waals surface area (Å²) in [6.45, 7) is 2.95. The number of rotatable bonds is 4. The summed E-state index contributed by atoms with van der Waals surface area (Å²) in [5, 5.41) is 3.30. The van der Waals surface area contributed by atoms with Gasteiger partial charge >= 0.3 is 0 Å². The van der Waals surface area contributed by atoms with Crippen molar-refractivity contribution in [3.63, 3.8) is 0 Å². The molecule has 0 saturated heterocycles. The van der Waals surface area contributed by atoms with Crippen LogP contribution in [0.15, 0.2) is 30.5 Å². The van der Waals surface area contributed by atoms with E-state index >= 15 is 0 Å². The number of hydrogen-bond donors (Lipinski definition) is 1. The Morgan fingerprint density at radius 2 is 2.05 bits per heavy atom. The van der Waals surface area contributed by atoms with E-state index in [4.69, 9.17) is 4.98 Å². The van der Waals surface area contributed by atoms with Crippen molar-refractivity contribution in [1.29, 1.82) is 0 Å². The van der Waals surface area contributed by atoms with Gasteiger partial charge in [0.05, 0.1) is 0 Å². The molecule has 2 heterocycles. The summed E-state index contributed by atoms with van der Waals surface area (Å²) in [5.74, 6) is 2.22. The summed E-state index contributed by atoms with van der Waals surface area (Å²) in [4.78, 5) is 13.7. The summed E-state index contributed by atoms with van der Waals surface area (Å²) in [7, 11) is 0. The maximum absolute atomic E-state index is 4.75. The largest absolute Gasteiger partial charge is 0.370 e. The standard InChI is InChI=1S/C16H20N4/c1-2-17-15-11-14(12-7-3-4-8-12)19-16(20-15)13-9-5-6-10-18-13/h5-6,9-12H,2-4,7-8H2,1H3,(H,17,19,20). The summed E-state index contributed by atoms with van der Waals surface area (Å²) in [5.41, 5.74) is 2.00. The van der Waals surface area contributed by atoms with E-state index in [9.17, 15) is 0 Å². The first-order valence-corrected chi connectivity index (χ1v) is 7.41. The fourth-order valence-electron chi connectivity index (χ4n) is 2.78. The molecule has 1 saturated carbocycles. The highest BCUT2D eigenvalue weighted by atomic mass is 15.0. The molecule has 0 aromatic carbocycles. The van der Waals surface area contributed by atoms with Gasteiger partial charge in [-0.1, -0.05) is 18.9 Å². The molecular formula is C16H20N4. The van der Waals surface area contributed by atoms with Gasteiger partial charge in [-0.3, -0.25) is 4.98 Å². The molecule has 2 aromatic rings. The van der Waals surface area contributed by atoms with Crippen LogP contribution in [0.1, 0.15) is 44.2 Å². The second-order valence-electron chi connectivity index (χ2n) is 5.23.